The van der Waals surface area contributed by atoms with Crippen molar-refractivity contribution in [1.82, 2.24) is 9.78 Å². The molecule has 1 aromatic rings. The summed E-state index contributed by atoms with van der Waals surface area (Å²) >= 11 is 2.51. The highest BCUT2D eigenvalue weighted by atomic mass is 127. The summed E-state index contributed by atoms with van der Waals surface area (Å²) in [5, 5.41) is 4.27. The second-order valence-corrected chi connectivity index (χ2v) is 4.94. The fraction of sp³-hybridized carbons (Fsp3) is 0.625. The third-order valence-corrected chi connectivity index (χ3v) is 3.23. The van der Waals surface area contributed by atoms with E-state index in [1.54, 1.807) is 0 Å². The Hall–Kier alpha value is -0.260. The number of nitrogens with zero attached hydrogens (tertiary/aromatic N) is 3. The molecule has 0 aliphatic carbocycles. The van der Waals surface area contributed by atoms with Crippen molar-refractivity contribution in [1.29, 1.82) is 0 Å². The predicted octanol–water partition coefficient (Wildman–Crippen LogP) is 1.53. The van der Waals surface area contributed by atoms with Crippen LogP contribution >= 0.6 is 22.6 Å². The van der Waals surface area contributed by atoms with E-state index in [4.69, 9.17) is 0 Å². The number of alkyl halides is 1. The fourth-order valence-corrected chi connectivity index (χ4v) is 2.44. The van der Waals surface area contributed by atoms with Crippen LogP contribution in [-0.4, -0.2) is 27.3 Å². The van der Waals surface area contributed by atoms with Gasteiger partial charge < -0.3 is 4.90 Å². The summed E-state index contributed by atoms with van der Waals surface area (Å²) in [5.41, 5.74) is 0. The van der Waals surface area contributed by atoms with Gasteiger partial charge in [-0.25, -0.2) is 4.68 Å². The third-order valence-electron chi connectivity index (χ3n) is 2.21. The van der Waals surface area contributed by atoms with E-state index in [-0.39, 0.29) is 0 Å². The molecule has 0 aromatic carbocycles. The van der Waals surface area contributed by atoms with Crippen LogP contribution in [-0.2, 0) is 6.54 Å². The van der Waals surface area contributed by atoms with Crippen LogP contribution in [0.2, 0.25) is 0 Å². The maximum absolute atomic E-state index is 4.27. The van der Waals surface area contributed by atoms with Gasteiger partial charge in [0.1, 0.15) is 5.82 Å². The smallest absolute Gasteiger partial charge is 0.126 e. The molecule has 1 atom stereocenters. The summed E-state index contributed by atoms with van der Waals surface area (Å²) in [5.74, 6) is 1.24. The van der Waals surface area contributed by atoms with E-state index in [0.717, 1.165) is 17.0 Å². The average molecular weight is 277 g/mol. The number of anilines is 1. The van der Waals surface area contributed by atoms with Crippen LogP contribution in [0.1, 0.15) is 6.42 Å². The van der Waals surface area contributed by atoms with Crippen LogP contribution < -0.4 is 4.90 Å². The molecule has 1 aliphatic rings. The third kappa shape index (κ3) is 1.44. The molecule has 12 heavy (non-hydrogen) atoms. The number of aryl methyl sites for hydroxylation is 1. The van der Waals surface area contributed by atoms with E-state index in [1.165, 1.54) is 12.2 Å². The van der Waals surface area contributed by atoms with Crippen molar-refractivity contribution in [3.05, 3.63) is 12.3 Å². The highest BCUT2D eigenvalue weighted by Gasteiger charge is 2.16. The predicted molar refractivity (Wildman–Crippen MR) is 57.9 cm³/mol. The quantitative estimate of drug-likeness (QED) is 0.529. The lowest BCUT2D eigenvalue weighted by atomic mass is 10.3. The molecule has 0 radical (unpaired) electrons. The minimum absolute atomic E-state index is 0.745. The molecule has 0 N–H and O–H groups in total. The Balaban J connectivity index is 2.29. The Bertz CT molecular complexity index is 271. The Morgan fingerprint density at radius 3 is 3.33 bits per heavy atom. The van der Waals surface area contributed by atoms with E-state index >= 15 is 0 Å². The molecule has 1 aliphatic heterocycles. The molecule has 2 heterocycles. The Morgan fingerprint density at radius 2 is 2.50 bits per heavy atom. The van der Waals surface area contributed by atoms with Crippen LogP contribution in [0.25, 0.3) is 0 Å². The summed E-state index contributed by atoms with van der Waals surface area (Å²) in [7, 11) is 2.13. The lowest BCUT2D eigenvalue weighted by Gasteiger charge is -2.17. The van der Waals surface area contributed by atoms with Crippen LogP contribution in [0.3, 0.4) is 0 Å². The van der Waals surface area contributed by atoms with E-state index < -0.39 is 0 Å². The lowest BCUT2D eigenvalue weighted by Crippen LogP contribution is -2.23. The molecule has 2 rings (SSSR count). The normalized spacial score (nSPS) is 23.5. The van der Waals surface area contributed by atoms with Gasteiger partial charge >= 0.3 is 0 Å². The molecule has 0 spiro atoms. The summed E-state index contributed by atoms with van der Waals surface area (Å²) in [6.45, 7) is 2.19. The van der Waals surface area contributed by atoms with Crippen LogP contribution in [0.4, 0.5) is 5.82 Å². The van der Waals surface area contributed by atoms with Crippen molar-refractivity contribution in [2.45, 2.75) is 16.9 Å². The summed E-state index contributed by atoms with van der Waals surface area (Å²) < 4.78 is 2.83. The molecule has 0 fully saturated rings. The highest BCUT2D eigenvalue weighted by molar-refractivity contribution is 14.1. The van der Waals surface area contributed by atoms with E-state index in [1.807, 2.05) is 6.20 Å². The molecule has 0 saturated carbocycles. The topological polar surface area (TPSA) is 21.1 Å². The Labute approximate surface area is 85.9 Å². The van der Waals surface area contributed by atoms with Crippen molar-refractivity contribution in [2.24, 2.45) is 0 Å². The monoisotopic (exact) mass is 277 g/mol. The summed E-state index contributed by atoms with van der Waals surface area (Å²) in [6.07, 6.45) is 3.10. The molecule has 0 amide bonds. The van der Waals surface area contributed by atoms with Gasteiger partial charge in [0.2, 0.25) is 0 Å². The van der Waals surface area contributed by atoms with Crippen LogP contribution in [0.15, 0.2) is 12.3 Å². The number of aromatic nitrogens is 2. The number of halogens is 1. The van der Waals surface area contributed by atoms with Gasteiger partial charge in [-0.3, -0.25) is 0 Å². The maximum atomic E-state index is 4.27. The fourth-order valence-electron chi connectivity index (χ4n) is 1.57. The standard InChI is InChI=1S/C8H12IN3/c1-11-6-7(9)3-5-12-8(11)2-4-10-12/h2,4,7H,3,5-6H2,1H3. The zero-order chi connectivity index (χ0) is 8.55. The molecule has 3 nitrogen and oxygen atoms in total. The first-order valence-corrected chi connectivity index (χ1v) is 5.39. The Kier molecular flexibility index (Phi) is 2.25. The van der Waals surface area contributed by atoms with Gasteiger partial charge in [-0.15, -0.1) is 0 Å². The second-order valence-electron chi connectivity index (χ2n) is 3.18. The van der Waals surface area contributed by atoms with Gasteiger partial charge in [0, 0.05) is 30.1 Å². The van der Waals surface area contributed by atoms with Crippen LogP contribution in [0.5, 0.6) is 0 Å². The van der Waals surface area contributed by atoms with E-state index in [0.29, 0.717) is 0 Å². The molecule has 4 heteroatoms. The minimum Gasteiger partial charge on any atom is -0.359 e. The average Bonchev–Trinajstić information content (AvgIpc) is 2.43. The van der Waals surface area contributed by atoms with Crippen molar-refractivity contribution in [2.75, 3.05) is 18.5 Å². The van der Waals surface area contributed by atoms with Crippen molar-refractivity contribution < 1.29 is 0 Å². The number of hydrogen-bond acceptors (Lipinski definition) is 2. The molecule has 0 saturated heterocycles. The second kappa shape index (κ2) is 3.24. The summed E-state index contributed by atoms with van der Waals surface area (Å²) in [6, 6.07) is 2.08. The number of rotatable bonds is 0. The molecule has 1 unspecified atom stereocenters. The molecule has 66 valence electrons. The Morgan fingerprint density at radius 1 is 1.67 bits per heavy atom. The maximum Gasteiger partial charge on any atom is 0.126 e. The summed E-state index contributed by atoms with van der Waals surface area (Å²) in [4.78, 5) is 2.27. The first-order chi connectivity index (χ1) is 5.77. The van der Waals surface area contributed by atoms with Gasteiger partial charge in [0.15, 0.2) is 0 Å². The van der Waals surface area contributed by atoms with Gasteiger partial charge in [0.25, 0.3) is 0 Å². The molecular formula is C8H12IN3. The van der Waals surface area contributed by atoms with Gasteiger partial charge in [-0.05, 0) is 6.42 Å². The number of hydrogen-bond donors (Lipinski definition) is 0. The van der Waals surface area contributed by atoms with Crippen molar-refractivity contribution in [3.63, 3.8) is 0 Å². The lowest BCUT2D eigenvalue weighted by molar-refractivity contribution is 0.605. The van der Waals surface area contributed by atoms with Gasteiger partial charge in [-0.1, -0.05) is 22.6 Å². The number of fused-ring (bicyclic) bond motifs is 1. The van der Waals surface area contributed by atoms with Crippen LogP contribution in [0, 0.1) is 0 Å². The van der Waals surface area contributed by atoms with Gasteiger partial charge in [-0.2, -0.15) is 5.10 Å². The molecule has 1 aromatic heterocycles. The zero-order valence-electron chi connectivity index (χ0n) is 7.07. The van der Waals surface area contributed by atoms with E-state index in [2.05, 4.69) is 50.4 Å². The molecular weight excluding hydrogens is 265 g/mol. The minimum atomic E-state index is 0.745. The SMILES string of the molecule is CN1CC(I)CCn2nccc21. The van der Waals surface area contributed by atoms with Crippen molar-refractivity contribution in [3.8, 4) is 0 Å². The van der Waals surface area contributed by atoms with E-state index in [9.17, 15) is 0 Å². The highest BCUT2D eigenvalue weighted by Crippen LogP contribution is 2.20. The first kappa shape index (κ1) is 8.34. The largest absolute Gasteiger partial charge is 0.359 e. The zero-order valence-corrected chi connectivity index (χ0v) is 9.23. The van der Waals surface area contributed by atoms with Gasteiger partial charge in [0.05, 0.1) is 6.20 Å². The van der Waals surface area contributed by atoms with Crippen molar-refractivity contribution >= 4 is 28.4 Å². The first-order valence-electron chi connectivity index (χ1n) is 4.14. The molecule has 0 bridgehead atoms.